The fourth-order valence-corrected chi connectivity index (χ4v) is 4.97. The molecule has 0 atom stereocenters. The molecule has 2 heterocycles. The molecule has 3 N–H and O–H groups in total. The molecule has 0 saturated heterocycles. The zero-order valence-electron chi connectivity index (χ0n) is 28.0. The first-order valence-electron chi connectivity index (χ1n) is 16.5. The molecule has 0 aliphatic heterocycles. The third-order valence-corrected chi connectivity index (χ3v) is 7.77. The minimum absolute atomic E-state index is 0.0330. The molecule has 0 aliphatic rings. The number of rotatable bonds is 17. The Hall–Kier alpha value is -5.26. The van der Waals surface area contributed by atoms with Gasteiger partial charge in [0.2, 0.25) is 0 Å². The number of carbonyl (C=O) groups is 3. The minimum Gasteiger partial charge on any atom is -0.466 e. The van der Waals surface area contributed by atoms with Crippen LogP contribution in [0.2, 0.25) is 0 Å². The molecular weight excluding hydrogens is 610 g/mol. The average molecular weight is 656 g/mol. The van der Waals surface area contributed by atoms with Gasteiger partial charge in [0.1, 0.15) is 17.5 Å². The smallest absolute Gasteiger partial charge is 0.412 e. The topological polar surface area (TPSA) is 152 Å². The quantitative estimate of drug-likeness (QED) is 0.0499. The Bertz CT molecular complexity index is 1670. The number of aromatic nitrogens is 3. The van der Waals surface area contributed by atoms with Crippen molar-refractivity contribution in [3.8, 4) is 0 Å². The summed E-state index contributed by atoms with van der Waals surface area (Å²) in [6.07, 6.45) is 6.80. The largest absolute Gasteiger partial charge is 0.466 e. The van der Waals surface area contributed by atoms with Crippen molar-refractivity contribution < 1.29 is 23.9 Å². The summed E-state index contributed by atoms with van der Waals surface area (Å²) in [6.45, 7) is 5.40. The number of fused-ring (bicyclic) bond motifs is 1. The summed E-state index contributed by atoms with van der Waals surface area (Å²) in [4.78, 5) is 48.7. The molecule has 0 unspecified atom stereocenters. The molecule has 12 nitrogen and oxygen atoms in total. The maximum Gasteiger partial charge on any atom is 0.412 e. The monoisotopic (exact) mass is 655 g/mol. The highest BCUT2D eigenvalue weighted by Crippen LogP contribution is 2.21. The van der Waals surface area contributed by atoms with E-state index in [0.29, 0.717) is 36.7 Å². The summed E-state index contributed by atoms with van der Waals surface area (Å²) in [7, 11) is 1.89. The maximum atomic E-state index is 13.8. The van der Waals surface area contributed by atoms with E-state index in [1.807, 2.05) is 36.7 Å². The molecule has 0 saturated carbocycles. The number of anilines is 2. The molecular formula is C36H45N7O5. The Kier molecular flexibility index (Phi) is 13.5. The third kappa shape index (κ3) is 10.1. The normalized spacial score (nSPS) is 10.8. The second kappa shape index (κ2) is 18.2. The zero-order valence-corrected chi connectivity index (χ0v) is 28.0. The molecule has 2 aromatic carbocycles. The molecule has 0 fully saturated rings. The van der Waals surface area contributed by atoms with E-state index in [4.69, 9.17) is 19.9 Å². The van der Waals surface area contributed by atoms with Crippen LogP contribution in [0.5, 0.6) is 0 Å². The van der Waals surface area contributed by atoms with Crippen molar-refractivity contribution in [3.05, 3.63) is 83.8 Å². The number of nitrogens with zero attached hydrogens (tertiary/aromatic N) is 4. The van der Waals surface area contributed by atoms with Crippen molar-refractivity contribution in [2.45, 2.75) is 65.3 Å². The Morgan fingerprint density at radius 2 is 1.65 bits per heavy atom. The molecule has 4 rings (SSSR count). The highest BCUT2D eigenvalue weighted by atomic mass is 16.5. The lowest BCUT2D eigenvalue weighted by molar-refractivity contribution is -0.143. The summed E-state index contributed by atoms with van der Waals surface area (Å²) in [6, 6.07) is 17.8. The summed E-state index contributed by atoms with van der Waals surface area (Å²) in [5.41, 5.74) is 3.33. The first-order valence-corrected chi connectivity index (χ1v) is 16.5. The second-order valence-electron chi connectivity index (χ2n) is 11.4. The Morgan fingerprint density at radius 3 is 2.38 bits per heavy atom. The van der Waals surface area contributed by atoms with Crippen molar-refractivity contribution in [3.63, 3.8) is 0 Å². The summed E-state index contributed by atoms with van der Waals surface area (Å²) in [5.74, 6) is 0.543. The van der Waals surface area contributed by atoms with E-state index in [-0.39, 0.29) is 30.7 Å². The minimum atomic E-state index is -0.627. The Balaban J connectivity index is 1.38. The molecule has 0 bridgehead atoms. The number of alkyl carbamates (subject to hydrolysis) is 1. The van der Waals surface area contributed by atoms with Gasteiger partial charge in [-0.05, 0) is 67.4 Å². The highest BCUT2D eigenvalue weighted by molar-refractivity contribution is 6.07. The Labute approximate surface area is 281 Å². The van der Waals surface area contributed by atoms with Crippen LogP contribution >= 0.6 is 0 Å². The lowest BCUT2D eigenvalue weighted by Gasteiger charge is -2.21. The van der Waals surface area contributed by atoms with E-state index < -0.39 is 6.09 Å². The van der Waals surface area contributed by atoms with Crippen LogP contribution in [0.4, 0.5) is 16.3 Å². The standard InChI is InChI=1S/C36H45N7O5/c1-4-6-8-11-23-48-36(46)41-34(37)26-13-16-28(17-14-26)39-25-32-40-29-18-15-27(24-30(29)42(32)3)35(45)43(31-12-9-10-20-38-31)21-19-33(44)47-22-7-5-2/h9-10,12-18,20,24,39H,4-8,11,19,21-23,25H2,1-3H3,(H2,37,41,46). The second-order valence-corrected chi connectivity index (χ2v) is 11.4. The van der Waals surface area contributed by atoms with E-state index in [0.717, 1.165) is 61.1 Å². The number of hydrogen-bond donors (Lipinski definition) is 3. The van der Waals surface area contributed by atoms with Crippen molar-refractivity contribution >= 4 is 46.3 Å². The number of ether oxygens (including phenoxy) is 2. The van der Waals surface area contributed by atoms with Crippen LogP contribution in [0.25, 0.3) is 11.0 Å². The van der Waals surface area contributed by atoms with Gasteiger partial charge in [-0.15, -0.1) is 0 Å². The van der Waals surface area contributed by atoms with Crippen LogP contribution in [0.15, 0.2) is 66.9 Å². The molecule has 254 valence electrons. The van der Waals surface area contributed by atoms with Gasteiger partial charge in [-0.2, -0.15) is 0 Å². The van der Waals surface area contributed by atoms with Crippen LogP contribution in [0.1, 0.15) is 80.5 Å². The Morgan fingerprint density at radius 1 is 0.896 bits per heavy atom. The first-order chi connectivity index (χ1) is 23.3. The lowest BCUT2D eigenvalue weighted by Crippen LogP contribution is -2.34. The van der Waals surface area contributed by atoms with Gasteiger partial charge < -0.3 is 19.4 Å². The number of unbranched alkanes of at least 4 members (excludes halogenated alkanes) is 4. The average Bonchev–Trinajstić information content (AvgIpc) is 3.42. The van der Waals surface area contributed by atoms with Gasteiger partial charge >= 0.3 is 12.1 Å². The molecule has 12 heteroatoms. The number of imidazole rings is 1. The SMILES string of the molecule is CCCCCCOC(=O)NC(=N)c1ccc(NCc2nc3ccc(C(=O)N(CCC(=O)OCCCC)c4ccccn4)cc3n2C)cc1. The van der Waals surface area contributed by atoms with Gasteiger partial charge in [0, 0.05) is 36.6 Å². The molecule has 2 aromatic heterocycles. The van der Waals surface area contributed by atoms with E-state index >= 15 is 0 Å². The van der Waals surface area contributed by atoms with E-state index in [1.165, 1.54) is 4.90 Å². The van der Waals surface area contributed by atoms with Gasteiger partial charge in [-0.3, -0.25) is 25.2 Å². The van der Waals surface area contributed by atoms with Crippen LogP contribution in [0, 0.1) is 5.41 Å². The first kappa shape index (κ1) is 35.6. The number of pyridine rings is 1. The van der Waals surface area contributed by atoms with Crippen LogP contribution in [-0.4, -0.2) is 58.1 Å². The number of esters is 1. The molecule has 48 heavy (non-hydrogen) atoms. The van der Waals surface area contributed by atoms with Gasteiger partial charge in [0.15, 0.2) is 0 Å². The lowest BCUT2D eigenvalue weighted by atomic mass is 10.1. The maximum absolute atomic E-state index is 13.8. The van der Waals surface area contributed by atoms with E-state index in [2.05, 4.69) is 22.5 Å². The number of hydrogen-bond acceptors (Lipinski definition) is 9. The number of aryl methyl sites for hydroxylation is 1. The molecule has 0 spiro atoms. The zero-order chi connectivity index (χ0) is 34.3. The number of amidine groups is 1. The van der Waals surface area contributed by atoms with Crippen molar-refractivity contribution in [2.75, 3.05) is 30.0 Å². The third-order valence-electron chi connectivity index (χ3n) is 7.77. The predicted octanol–water partition coefficient (Wildman–Crippen LogP) is 6.59. The molecule has 4 aromatic rings. The molecule has 0 aliphatic carbocycles. The highest BCUT2D eigenvalue weighted by Gasteiger charge is 2.22. The van der Waals surface area contributed by atoms with Crippen molar-refractivity contribution in [1.29, 1.82) is 5.41 Å². The fourth-order valence-electron chi connectivity index (χ4n) is 4.97. The van der Waals surface area contributed by atoms with Crippen molar-refractivity contribution in [1.82, 2.24) is 19.9 Å². The van der Waals surface area contributed by atoms with Crippen LogP contribution in [0.3, 0.4) is 0 Å². The predicted molar refractivity (Wildman–Crippen MR) is 186 cm³/mol. The number of nitrogens with one attached hydrogen (secondary N) is 3. The number of amides is 2. The van der Waals surface area contributed by atoms with Gasteiger partial charge in [-0.25, -0.2) is 14.8 Å². The fraction of sp³-hybridized carbons (Fsp3) is 0.389. The summed E-state index contributed by atoms with van der Waals surface area (Å²) >= 11 is 0. The van der Waals surface area contributed by atoms with E-state index in [9.17, 15) is 14.4 Å². The number of benzene rings is 2. The van der Waals surface area contributed by atoms with Crippen molar-refractivity contribution in [2.24, 2.45) is 7.05 Å². The van der Waals surface area contributed by atoms with E-state index in [1.54, 1.807) is 48.7 Å². The van der Waals surface area contributed by atoms with Gasteiger partial charge in [-0.1, -0.05) is 45.6 Å². The van der Waals surface area contributed by atoms with Gasteiger partial charge in [0.25, 0.3) is 5.91 Å². The molecule has 2 amide bonds. The van der Waals surface area contributed by atoms with Crippen LogP contribution < -0.4 is 15.5 Å². The summed E-state index contributed by atoms with van der Waals surface area (Å²) in [5, 5.41) is 14.0. The number of carbonyl (C=O) groups excluding carboxylic acids is 3. The van der Waals surface area contributed by atoms with Crippen LogP contribution in [-0.2, 0) is 27.9 Å². The summed E-state index contributed by atoms with van der Waals surface area (Å²) < 4.78 is 12.4. The molecule has 0 radical (unpaired) electrons. The van der Waals surface area contributed by atoms with Gasteiger partial charge in [0.05, 0.1) is 37.2 Å².